The lowest BCUT2D eigenvalue weighted by atomic mass is 10.0. The van der Waals surface area contributed by atoms with Gasteiger partial charge in [-0.3, -0.25) is 0 Å². The summed E-state index contributed by atoms with van der Waals surface area (Å²) in [5, 5.41) is 12.8. The molecule has 2 fully saturated rings. The smallest absolute Gasteiger partial charge is 0.101 e. The van der Waals surface area contributed by atoms with Gasteiger partial charge in [-0.15, -0.1) is 0 Å². The number of nitrogens with one attached hydrogen (secondary N) is 1. The predicted molar refractivity (Wildman–Crippen MR) is 72.5 cm³/mol. The van der Waals surface area contributed by atoms with Gasteiger partial charge in [0.1, 0.15) is 6.07 Å². The van der Waals surface area contributed by atoms with E-state index in [9.17, 15) is 0 Å². The lowest BCUT2D eigenvalue weighted by Gasteiger charge is -2.34. The minimum atomic E-state index is 0.683. The topological polar surface area (TPSA) is 39.1 Å². The highest BCUT2D eigenvalue weighted by atomic mass is 15.2. The first-order valence-electron chi connectivity index (χ1n) is 6.87. The molecule has 0 amide bonds. The molecule has 0 radical (unpaired) electrons. The Balaban J connectivity index is 1.63. The van der Waals surface area contributed by atoms with Crippen LogP contribution in [-0.2, 0) is 0 Å². The number of hydrogen-bond acceptors (Lipinski definition) is 3. The fraction of sp³-hybridized carbons (Fsp3) is 0.533. The normalized spacial score (nSPS) is 20.7. The second-order valence-corrected chi connectivity index (χ2v) is 5.33. The molecule has 0 unspecified atom stereocenters. The van der Waals surface area contributed by atoms with Crippen molar-refractivity contribution < 1.29 is 0 Å². The van der Waals surface area contributed by atoms with Gasteiger partial charge in [0.2, 0.25) is 0 Å². The van der Waals surface area contributed by atoms with Crippen LogP contribution in [0.2, 0.25) is 0 Å². The van der Waals surface area contributed by atoms with Crippen LogP contribution >= 0.6 is 0 Å². The minimum absolute atomic E-state index is 0.683. The van der Waals surface area contributed by atoms with Gasteiger partial charge in [0.25, 0.3) is 0 Å². The molecule has 3 heteroatoms. The van der Waals surface area contributed by atoms with Crippen LogP contribution in [0, 0.1) is 11.3 Å². The number of para-hydroxylation sites is 1. The zero-order valence-corrected chi connectivity index (χ0v) is 10.6. The Hall–Kier alpha value is -1.53. The van der Waals surface area contributed by atoms with Crippen molar-refractivity contribution >= 4 is 5.69 Å². The van der Waals surface area contributed by atoms with Crippen LogP contribution in [0.5, 0.6) is 0 Å². The van der Waals surface area contributed by atoms with Gasteiger partial charge in [-0.1, -0.05) is 12.1 Å². The van der Waals surface area contributed by atoms with Gasteiger partial charge < -0.3 is 10.2 Å². The van der Waals surface area contributed by atoms with Gasteiger partial charge in [0.15, 0.2) is 0 Å². The number of piperidine rings is 1. The minimum Gasteiger partial charge on any atom is -0.370 e. The third-order valence-electron chi connectivity index (χ3n) is 3.91. The molecule has 0 aromatic heterocycles. The van der Waals surface area contributed by atoms with Gasteiger partial charge >= 0.3 is 0 Å². The van der Waals surface area contributed by atoms with E-state index in [0.717, 1.165) is 30.4 Å². The molecule has 0 spiro atoms. The van der Waals surface area contributed by atoms with E-state index < -0.39 is 0 Å². The zero-order chi connectivity index (χ0) is 12.4. The maximum atomic E-state index is 9.14. The lowest BCUT2D eigenvalue weighted by Crippen LogP contribution is -2.43. The van der Waals surface area contributed by atoms with E-state index in [2.05, 4.69) is 22.4 Å². The Morgan fingerprint density at radius 3 is 2.39 bits per heavy atom. The quantitative estimate of drug-likeness (QED) is 0.882. The van der Waals surface area contributed by atoms with Crippen molar-refractivity contribution in [3.63, 3.8) is 0 Å². The maximum Gasteiger partial charge on any atom is 0.101 e. The van der Waals surface area contributed by atoms with Crippen LogP contribution < -0.4 is 10.2 Å². The summed E-state index contributed by atoms with van der Waals surface area (Å²) in [6.45, 7) is 2.12. The average Bonchev–Trinajstić information content (AvgIpc) is 3.24. The Morgan fingerprint density at radius 2 is 1.72 bits per heavy atom. The Bertz CT molecular complexity index is 451. The SMILES string of the molecule is N#Cc1ccccc1N1CCC(NC2CC2)CC1. The van der Waals surface area contributed by atoms with Gasteiger partial charge in [-0.25, -0.2) is 0 Å². The average molecular weight is 241 g/mol. The standard InChI is InChI=1S/C15H19N3/c16-11-12-3-1-2-4-15(12)18-9-7-14(8-10-18)17-13-5-6-13/h1-4,13-14,17H,5-10H2. The molecule has 1 aliphatic carbocycles. The number of benzene rings is 1. The fourth-order valence-electron chi connectivity index (χ4n) is 2.71. The number of nitrogens with zero attached hydrogens (tertiary/aromatic N) is 2. The third-order valence-corrected chi connectivity index (χ3v) is 3.91. The summed E-state index contributed by atoms with van der Waals surface area (Å²) < 4.78 is 0. The second-order valence-electron chi connectivity index (χ2n) is 5.33. The fourth-order valence-corrected chi connectivity index (χ4v) is 2.71. The molecule has 2 aliphatic rings. The van der Waals surface area contributed by atoms with Crippen molar-refractivity contribution in [1.29, 1.82) is 5.26 Å². The number of anilines is 1. The summed E-state index contributed by atoms with van der Waals surface area (Å²) >= 11 is 0. The summed E-state index contributed by atoms with van der Waals surface area (Å²) in [7, 11) is 0. The molecule has 1 saturated carbocycles. The summed E-state index contributed by atoms with van der Waals surface area (Å²) in [4.78, 5) is 2.35. The van der Waals surface area contributed by atoms with E-state index >= 15 is 0 Å². The second kappa shape index (κ2) is 4.99. The van der Waals surface area contributed by atoms with Crippen molar-refractivity contribution in [3.05, 3.63) is 29.8 Å². The largest absolute Gasteiger partial charge is 0.370 e. The molecule has 0 atom stereocenters. The summed E-state index contributed by atoms with van der Waals surface area (Å²) in [6.07, 6.45) is 5.10. The molecule has 1 aliphatic heterocycles. The Labute approximate surface area is 108 Å². The molecule has 1 heterocycles. The first-order chi connectivity index (χ1) is 8.86. The zero-order valence-electron chi connectivity index (χ0n) is 10.6. The Kier molecular flexibility index (Phi) is 3.21. The predicted octanol–water partition coefficient (Wildman–Crippen LogP) is 2.28. The van der Waals surface area contributed by atoms with Crippen LogP contribution in [0.4, 0.5) is 5.69 Å². The van der Waals surface area contributed by atoms with Crippen LogP contribution in [0.1, 0.15) is 31.2 Å². The molecule has 3 nitrogen and oxygen atoms in total. The van der Waals surface area contributed by atoms with E-state index in [1.165, 1.54) is 25.7 Å². The molecule has 0 bridgehead atoms. The van der Waals surface area contributed by atoms with Gasteiger partial charge in [-0.2, -0.15) is 5.26 Å². The molecular formula is C15H19N3. The van der Waals surface area contributed by atoms with E-state index in [0.29, 0.717) is 6.04 Å². The van der Waals surface area contributed by atoms with Crippen LogP contribution in [0.3, 0.4) is 0 Å². The summed E-state index contributed by atoms with van der Waals surface area (Å²) in [5.41, 5.74) is 1.90. The third kappa shape index (κ3) is 2.49. The van der Waals surface area contributed by atoms with E-state index in [1.54, 1.807) is 0 Å². The number of nitriles is 1. The number of rotatable bonds is 3. The molecule has 1 saturated heterocycles. The van der Waals surface area contributed by atoms with Crippen LogP contribution in [0.25, 0.3) is 0 Å². The highest BCUT2D eigenvalue weighted by molar-refractivity contribution is 5.59. The monoisotopic (exact) mass is 241 g/mol. The molecule has 1 N–H and O–H groups in total. The van der Waals surface area contributed by atoms with Crippen molar-refractivity contribution in [2.24, 2.45) is 0 Å². The highest BCUT2D eigenvalue weighted by Gasteiger charge is 2.27. The van der Waals surface area contributed by atoms with Crippen molar-refractivity contribution in [3.8, 4) is 6.07 Å². The van der Waals surface area contributed by atoms with Crippen molar-refractivity contribution in [2.75, 3.05) is 18.0 Å². The van der Waals surface area contributed by atoms with Crippen molar-refractivity contribution in [2.45, 2.75) is 37.8 Å². The van der Waals surface area contributed by atoms with Gasteiger partial charge in [-0.05, 0) is 37.8 Å². The summed E-state index contributed by atoms with van der Waals surface area (Å²) in [6, 6.07) is 11.7. The van der Waals surface area contributed by atoms with E-state index in [4.69, 9.17) is 5.26 Å². The van der Waals surface area contributed by atoms with Crippen LogP contribution in [-0.4, -0.2) is 25.2 Å². The number of hydrogen-bond donors (Lipinski definition) is 1. The molecule has 1 aromatic rings. The van der Waals surface area contributed by atoms with E-state index in [-0.39, 0.29) is 0 Å². The molecule has 3 rings (SSSR count). The molecular weight excluding hydrogens is 222 g/mol. The van der Waals surface area contributed by atoms with Gasteiger partial charge in [0, 0.05) is 25.2 Å². The lowest BCUT2D eigenvalue weighted by molar-refractivity contribution is 0.413. The highest BCUT2D eigenvalue weighted by Crippen LogP contribution is 2.26. The van der Waals surface area contributed by atoms with Gasteiger partial charge in [0.05, 0.1) is 11.3 Å². The van der Waals surface area contributed by atoms with E-state index in [1.807, 2.05) is 18.2 Å². The maximum absolute atomic E-state index is 9.14. The van der Waals surface area contributed by atoms with Crippen LogP contribution in [0.15, 0.2) is 24.3 Å². The molecule has 18 heavy (non-hydrogen) atoms. The first kappa shape index (κ1) is 11.6. The Morgan fingerprint density at radius 1 is 1.06 bits per heavy atom. The molecule has 1 aromatic carbocycles. The summed E-state index contributed by atoms with van der Waals surface area (Å²) in [5.74, 6) is 0. The molecule has 94 valence electrons. The first-order valence-corrected chi connectivity index (χ1v) is 6.87. The van der Waals surface area contributed by atoms with Crippen molar-refractivity contribution in [1.82, 2.24) is 5.32 Å².